The minimum atomic E-state index is 0.336. The van der Waals surface area contributed by atoms with E-state index < -0.39 is 0 Å². The van der Waals surface area contributed by atoms with Crippen molar-refractivity contribution in [2.24, 2.45) is 0 Å². The standard InChI is InChI=1S/C19H26N2O/c1-2-6-17(5-1)22-18-13-16(14-20-15-18)7-10-19-8-3-11-21(19)12-4-9-19/h7,10,13-15,17H,1-6,8-9,11-12H2. The van der Waals surface area contributed by atoms with Crippen LogP contribution in [0, 0.1) is 0 Å². The molecular weight excluding hydrogens is 272 g/mol. The Morgan fingerprint density at radius 3 is 2.64 bits per heavy atom. The highest BCUT2D eigenvalue weighted by molar-refractivity contribution is 5.52. The number of ether oxygens (including phenoxy) is 1. The second-order valence-corrected chi connectivity index (χ2v) is 7.11. The van der Waals surface area contributed by atoms with Crippen molar-refractivity contribution in [2.75, 3.05) is 13.1 Å². The molecular formula is C19H26N2O. The van der Waals surface area contributed by atoms with E-state index >= 15 is 0 Å². The number of hydrogen-bond acceptors (Lipinski definition) is 3. The lowest BCUT2D eigenvalue weighted by molar-refractivity contribution is 0.209. The third-order valence-corrected chi connectivity index (χ3v) is 5.63. The van der Waals surface area contributed by atoms with Gasteiger partial charge in [0.2, 0.25) is 0 Å². The van der Waals surface area contributed by atoms with Gasteiger partial charge in [-0.1, -0.05) is 12.2 Å². The van der Waals surface area contributed by atoms with Gasteiger partial charge in [0.15, 0.2) is 0 Å². The van der Waals surface area contributed by atoms with Crippen LogP contribution in [0.1, 0.15) is 56.9 Å². The lowest BCUT2D eigenvalue weighted by Gasteiger charge is -2.28. The van der Waals surface area contributed by atoms with Crippen molar-refractivity contribution in [3.8, 4) is 5.75 Å². The molecule has 1 aromatic heterocycles. The van der Waals surface area contributed by atoms with Crippen molar-refractivity contribution in [3.63, 3.8) is 0 Å². The molecule has 0 aromatic carbocycles. The quantitative estimate of drug-likeness (QED) is 0.838. The van der Waals surface area contributed by atoms with Gasteiger partial charge in [-0.3, -0.25) is 9.88 Å². The van der Waals surface area contributed by atoms with Gasteiger partial charge in [-0.25, -0.2) is 0 Å². The molecule has 0 atom stereocenters. The molecule has 3 aliphatic rings. The maximum absolute atomic E-state index is 6.07. The predicted octanol–water partition coefficient (Wildman–Crippen LogP) is 4.04. The van der Waals surface area contributed by atoms with Crippen molar-refractivity contribution in [3.05, 3.63) is 30.1 Å². The Morgan fingerprint density at radius 2 is 1.86 bits per heavy atom. The summed E-state index contributed by atoms with van der Waals surface area (Å²) in [6.45, 7) is 2.54. The van der Waals surface area contributed by atoms with E-state index in [-0.39, 0.29) is 0 Å². The van der Waals surface area contributed by atoms with Gasteiger partial charge >= 0.3 is 0 Å². The minimum absolute atomic E-state index is 0.336. The molecule has 3 heteroatoms. The van der Waals surface area contributed by atoms with Crippen molar-refractivity contribution in [1.29, 1.82) is 0 Å². The third kappa shape index (κ3) is 2.79. The van der Waals surface area contributed by atoms with Crippen LogP contribution >= 0.6 is 0 Å². The van der Waals surface area contributed by atoms with Crippen LogP contribution in [0.2, 0.25) is 0 Å². The topological polar surface area (TPSA) is 25.4 Å². The largest absolute Gasteiger partial charge is 0.489 e. The van der Waals surface area contributed by atoms with Crippen LogP contribution in [-0.2, 0) is 0 Å². The Labute approximate surface area is 133 Å². The van der Waals surface area contributed by atoms with E-state index in [9.17, 15) is 0 Å². The van der Waals surface area contributed by atoms with Gasteiger partial charge in [0.1, 0.15) is 5.75 Å². The van der Waals surface area contributed by atoms with E-state index in [2.05, 4.69) is 28.1 Å². The van der Waals surface area contributed by atoms with Gasteiger partial charge in [-0.2, -0.15) is 0 Å². The molecule has 4 rings (SSSR count). The Balaban J connectivity index is 1.47. The molecule has 0 bridgehead atoms. The van der Waals surface area contributed by atoms with Crippen LogP contribution in [0.15, 0.2) is 24.5 Å². The fraction of sp³-hybridized carbons (Fsp3) is 0.632. The summed E-state index contributed by atoms with van der Waals surface area (Å²) < 4.78 is 6.07. The van der Waals surface area contributed by atoms with Crippen molar-refractivity contribution < 1.29 is 4.74 Å². The predicted molar refractivity (Wildman–Crippen MR) is 88.9 cm³/mol. The fourth-order valence-corrected chi connectivity index (χ4v) is 4.46. The van der Waals surface area contributed by atoms with E-state index in [1.807, 2.05) is 12.4 Å². The Bertz CT molecular complexity index is 538. The lowest BCUT2D eigenvalue weighted by atomic mass is 9.93. The SMILES string of the molecule is C(=CC12CCCN1CCC2)c1cncc(OC2CCCC2)c1. The zero-order valence-corrected chi connectivity index (χ0v) is 13.3. The van der Waals surface area contributed by atoms with Gasteiger partial charge in [-0.05, 0) is 76.1 Å². The average Bonchev–Trinajstić information content (AvgIpc) is 3.22. The van der Waals surface area contributed by atoms with Gasteiger partial charge in [0, 0.05) is 11.7 Å². The number of aromatic nitrogens is 1. The monoisotopic (exact) mass is 298 g/mol. The summed E-state index contributed by atoms with van der Waals surface area (Å²) in [5.41, 5.74) is 1.51. The molecule has 1 aliphatic carbocycles. The first-order chi connectivity index (χ1) is 10.8. The van der Waals surface area contributed by atoms with E-state index in [0.717, 1.165) is 5.75 Å². The highest BCUT2D eigenvalue weighted by Crippen LogP contribution is 2.40. The normalized spacial score (nSPS) is 25.1. The van der Waals surface area contributed by atoms with Crippen LogP contribution < -0.4 is 4.74 Å². The molecule has 22 heavy (non-hydrogen) atoms. The molecule has 1 saturated carbocycles. The van der Waals surface area contributed by atoms with Crippen molar-refractivity contribution >= 4 is 6.08 Å². The zero-order valence-electron chi connectivity index (χ0n) is 13.3. The molecule has 2 aliphatic heterocycles. The smallest absolute Gasteiger partial charge is 0.138 e. The van der Waals surface area contributed by atoms with Crippen LogP contribution in [0.5, 0.6) is 5.75 Å². The van der Waals surface area contributed by atoms with Crippen molar-refractivity contribution in [1.82, 2.24) is 9.88 Å². The molecule has 0 radical (unpaired) electrons. The first-order valence-electron chi connectivity index (χ1n) is 8.90. The third-order valence-electron chi connectivity index (χ3n) is 5.63. The van der Waals surface area contributed by atoms with E-state index in [1.165, 1.54) is 70.0 Å². The Morgan fingerprint density at radius 1 is 1.09 bits per heavy atom. The maximum Gasteiger partial charge on any atom is 0.138 e. The highest BCUT2D eigenvalue weighted by Gasteiger charge is 2.41. The first-order valence-corrected chi connectivity index (χ1v) is 8.90. The highest BCUT2D eigenvalue weighted by atomic mass is 16.5. The molecule has 0 spiro atoms. The number of hydrogen-bond donors (Lipinski definition) is 0. The van der Waals surface area contributed by atoms with Gasteiger partial charge < -0.3 is 4.74 Å². The molecule has 3 nitrogen and oxygen atoms in total. The molecule has 3 heterocycles. The van der Waals surface area contributed by atoms with Crippen LogP contribution in [-0.4, -0.2) is 34.6 Å². The van der Waals surface area contributed by atoms with E-state index in [4.69, 9.17) is 4.74 Å². The first kappa shape index (κ1) is 14.3. The molecule has 0 unspecified atom stereocenters. The van der Waals surface area contributed by atoms with Gasteiger partial charge in [0.25, 0.3) is 0 Å². The second kappa shape index (κ2) is 6.04. The minimum Gasteiger partial charge on any atom is -0.489 e. The van der Waals surface area contributed by atoms with Crippen LogP contribution in [0.4, 0.5) is 0 Å². The summed E-state index contributed by atoms with van der Waals surface area (Å²) in [5.74, 6) is 0.932. The molecule has 1 aromatic rings. The summed E-state index contributed by atoms with van der Waals surface area (Å²) >= 11 is 0. The Kier molecular flexibility index (Phi) is 3.91. The summed E-state index contributed by atoms with van der Waals surface area (Å²) in [4.78, 5) is 7.03. The maximum atomic E-state index is 6.07. The summed E-state index contributed by atoms with van der Waals surface area (Å²) in [6.07, 6.45) is 19.2. The average molecular weight is 298 g/mol. The van der Waals surface area contributed by atoms with Gasteiger partial charge in [0.05, 0.1) is 12.3 Å². The summed E-state index contributed by atoms with van der Waals surface area (Å²) in [7, 11) is 0. The number of fused-ring (bicyclic) bond motifs is 1. The summed E-state index contributed by atoms with van der Waals surface area (Å²) in [6, 6.07) is 2.15. The molecule has 2 saturated heterocycles. The lowest BCUT2D eigenvalue weighted by Crippen LogP contribution is -2.35. The van der Waals surface area contributed by atoms with Crippen LogP contribution in [0.25, 0.3) is 6.08 Å². The molecule has 0 amide bonds. The number of rotatable bonds is 4. The molecule has 0 N–H and O–H groups in total. The molecule has 3 fully saturated rings. The number of nitrogens with zero attached hydrogens (tertiary/aromatic N) is 2. The Hall–Kier alpha value is -1.35. The van der Waals surface area contributed by atoms with E-state index in [1.54, 1.807) is 0 Å². The summed E-state index contributed by atoms with van der Waals surface area (Å²) in [5, 5.41) is 0. The van der Waals surface area contributed by atoms with E-state index in [0.29, 0.717) is 11.6 Å². The van der Waals surface area contributed by atoms with Crippen molar-refractivity contribution in [2.45, 2.75) is 63.0 Å². The number of pyridine rings is 1. The van der Waals surface area contributed by atoms with Gasteiger partial charge in [-0.15, -0.1) is 0 Å². The zero-order chi connectivity index (χ0) is 14.8. The molecule has 118 valence electrons. The fourth-order valence-electron chi connectivity index (χ4n) is 4.46. The second-order valence-electron chi connectivity index (χ2n) is 7.11. The van der Waals surface area contributed by atoms with Crippen LogP contribution in [0.3, 0.4) is 0 Å².